The van der Waals surface area contributed by atoms with Crippen molar-refractivity contribution in [3.05, 3.63) is 36.0 Å². The van der Waals surface area contributed by atoms with Gasteiger partial charge in [-0.3, -0.25) is 0 Å². The average molecular weight is 286 g/mol. The summed E-state index contributed by atoms with van der Waals surface area (Å²) < 4.78 is 5.58. The fourth-order valence-electron chi connectivity index (χ4n) is 1.88. The van der Waals surface area contributed by atoms with E-state index in [1.54, 1.807) is 0 Å². The van der Waals surface area contributed by atoms with Gasteiger partial charge >= 0.3 is 0 Å². The number of nitrogens with one attached hydrogen (secondary N) is 1. The van der Waals surface area contributed by atoms with Gasteiger partial charge in [0.25, 0.3) is 0 Å². The number of hydrazine groups is 1. The quantitative estimate of drug-likeness (QED) is 0.629. The fraction of sp³-hybridized carbons (Fsp3) is 0.375. The van der Waals surface area contributed by atoms with E-state index in [2.05, 4.69) is 36.2 Å². The van der Waals surface area contributed by atoms with Gasteiger partial charge in [-0.25, -0.2) is 15.8 Å². The Morgan fingerprint density at radius 2 is 1.90 bits per heavy atom. The van der Waals surface area contributed by atoms with Gasteiger partial charge in [-0.05, 0) is 36.6 Å². The van der Waals surface area contributed by atoms with Crippen molar-refractivity contribution in [1.82, 2.24) is 9.97 Å². The lowest BCUT2D eigenvalue weighted by atomic mass is 10.1. The van der Waals surface area contributed by atoms with Crippen molar-refractivity contribution >= 4 is 5.82 Å². The van der Waals surface area contributed by atoms with Crippen molar-refractivity contribution in [2.45, 2.75) is 33.1 Å². The van der Waals surface area contributed by atoms with Gasteiger partial charge in [0.15, 0.2) is 5.82 Å². The first kappa shape index (κ1) is 15.3. The zero-order valence-corrected chi connectivity index (χ0v) is 12.8. The molecule has 2 aromatic rings. The smallest absolute Gasteiger partial charge is 0.161 e. The minimum absolute atomic E-state index is 0.311. The molecule has 1 aromatic heterocycles. The SMILES string of the molecule is CCCOc1ccc(-c2nc(NN)cc(C(C)C)n2)cc1. The third-order valence-corrected chi connectivity index (χ3v) is 3.07. The van der Waals surface area contributed by atoms with Crippen LogP contribution in [0.4, 0.5) is 5.82 Å². The number of aromatic nitrogens is 2. The number of benzene rings is 1. The third kappa shape index (κ3) is 3.92. The molecule has 0 aliphatic rings. The van der Waals surface area contributed by atoms with Gasteiger partial charge in [-0.1, -0.05) is 20.8 Å². The molecule has 0 unspecified atom stereocenters. The van der Waals surface area contributed by atoms with Crippen LogP contribution in [0.15, 0.2) is 30.3 Å². The van der Waals surface area contributed by atoms with Crippen molar-refractivity contribution < 1.29 is 4.74 Å². The summed E-state index contributed by atoms with van der Waals surface area (Å²) in [5.74, 6) is 7.94. The molecule has 3 N–H and O–H groups in total. The maximum absolute atomic E-state index is 5.58. The molecule has 2 rings (SSSR count). The zero-order chi connectivity index (χ0) is 15.2. The molecule has 0 fully saturated rings. The Bertz CT molecular complexity index is 581. The second kappa shape index (κ2) is 7.04. The van der Waals surface area contributed by atoms with Crippen molar-refractivity contribution in [2.24, 2.45) is 5.84 Å². The highest BCUT2D eigenvalue weighted by Gasteiger charge is 2.09. The van der Waals surface area contributed by atoms with Crippen LogP contribution >= 0.6 is 0 Å². The van der Waals surface area contributed by atoms with Gasteiger partial charge in [0, 0.05) is 17.3 Å². The van der Waals surface area contributed by atoms with Gasteiger partial charge in [-0.15, -0.1) is 0 Å². The highest BCUT2D eigenvalue weighted by Crippen LogP contribution is 2.23. The molecule has 5 heteroatoms. The fourth-order valence-corrected chi connectivity index (χ4v) is 1.88. The van der Waals surface area contributed by atoms with Crippen LogP contribution < -0.4 is 16.0 Å². The maximum Gasteiger partial charge on any atom is 0.161 e. The van der Waals surface area contributed by atoms with Gasteiger partial charge in [0.05, 0.1) is 6.61 Å². The van der Waals surface area contributed by atoms with E-state index in [9.17, 15) is 0 Å². The number of ether oxygens (including phenoxy) is 1. The number of nitrogen functional groups attached to an aromatic ring is 1. The van der Waals surface area contributed by atoms with E-state index < -0.39 is 0 Å². The van der Waals surface area contributed by atoms with E-state index in [1.165, 1.54) is 0 Å². The molecule has 0 atom stereocenters. The lowest BCUT2D eigenvalue weighted by Crippen LogP contribution is -2.11. The van der Waals surface area contributed by atoms with Crippen LogP contribution in [0.25, 0.3) is 11.4 Å². The monoisotopic (exact) mass is 286 g/mol. The van der Waals surface area contributed by atoms with E-state index in [4.69, 9.17) is 10.6 Å². The summed E-state index contributed by atoms with van der Waals surface area (Å²) in [6.45, 7) is 6.99. The summed E-state index contributed by atoms with van der Waals surface area (Å²) in [4.78, 5) is 9.00. The van der Waals surface area contributed by atoms with E-state index in [1.807, 2.05) is 30.3 Å². The molecule has 0 aliphatic heterocycles. The first-order valence-corrected chi connectivity index (χ1v) is 7.23. The molecule has 112 valence electrons. The number of nitrogens with zero attached hydrogens (tertiary/aromatic N) is 2. The first-order valence-electron chi connectivity index (χ1n) is 7.23. The highest BCUT2D eigenvalue weighted by atomic mass is 16.5. The molecule has 0 amide bonds. The predicted octanol–water partition coefficient (Wildman–Crippen LogP) is 3.34. The van der Waals surface area contributed by atoms with Gasteiger partial charge in [0.1, 0.15) is 11.6 Å². The van der Waals surface area contributed by atoms with E-state index in [0.717, 1.165) is 30.0 Å². The lowest BCUT2D eigenvalue weighted by Gasteiger charge is -2.10. The minimum atomic E-state index is 0.311. The molecular weight excluding hydrogens is 264 g/mol. The summed E-state index contributed by atoms with van der Waals surface area (Å²) in [7, 11) is 0. The second-order valence-corrected chi connectivity index (χ2v) is 5.17. The Labute approximate surface area is 125 Å². The van der Waals surface area contributed by atoms with E-state index in [0.29, 0.717) is 17.6 Å². The van der Waals surface area contributed by atoms with E-state index in [-0.39, 0.29) is 0 Å². The normalized spacial score (nSPS) is 10.7. The average Bonchev–Trinajstić information content (AvgIpc) is 2.52. The number of nitrogens with two attached hydrogens (primary N) is 1. The number of anilines is 1. The van der Waals surface area contributed by atoms with Gasteiger partial charge < -0.3 is 10.2 Å². The Morgan fingerprint density at radius 1 is 1.19 bits per heavy atom. The molecular formula is C16H22N4O. The molecule has 5 nitrogen and oxygen atoms in total. The summed E-state index contributed by atoms with van der Waals surface area (Å²) in [5.41, 5.74) is 4.50. The third-order valence-electron chi connectivity index (χ3n) is 3.07. The zero-order valence-electron chi connectivity index (χ0n) is 12.8. The molecule has 0 radical (unpaired) electrons. The Kier molecular flexibility index (Phi) is 5.11. The van der Waals surface area contributed by atoms with Crippen molar-refractivity contribution in [3.8, 4) is 17.1 Å². The summed E-state index contributed by atoms with van der Waals surface area (Å²) in [6.07, 6.45) is 0.993. The highest BCUT2D eigenvalue weighted by molar-refractivity contribution is 5.58. The topological polar surface area (TPSA) is 73.1 Å². The number of rotatable bonds is 6. The molecule has 0 aliphatic carbocycles. The predicted molar refractivity (Wildman–Crippen MR) is 85.2 cm³/mol. The van der Waals surface area contributed by atoms with Crippen LogP contribution in [0.5, 0.6) is 5.75 Å². The second-order valence-electron chi connectivity index (χ2n) is 5.17. The van der Waals surface area contributed by atoms with Crippen LogP contribution in [0.3, 0.4) is 0 Å². The van der Waals surface area contributed by atoms with Crippen LogP contribution in [0.1, 0.15) is 38.8 Å². The Balaban J connectivity index is 2.30. The van der Waals surface area contributed by atoms with Gasteiger partial charge in [0.2, 0.25) is 0 Å². The maximum atomic E-state index is 5.58. The summed E-state index contributed by atoms with van der Waals surface area (Å²) in [5, 5.41) is 0. The van der Waals surface area contributed by atoms with Crippen LogP contribution in [-0.2, 0) is 0 Å². The molecule has 0 spiro atoms. The van der Waals surface area contributed by atoms with Crippen LogP contribution in [-0.4, -0.2) is 16.6 Å². The molecule has 1 heterocycles. The van der Waals surface area contributed by atoms with Crippen LogP contribution in [0, 0.1) is 0 Å². The molecule has 0 bridgehead atoms. The largest absolute Gasteiger partial charge is 0.494 e. The van der Waals surface area contributed by atoms with Crippen LogP contribution in [0.2, 0.25) is 0 Å². The Hall–Kier alpha value is -2.14. The molecule has 1 aromatic carbocycles. The summed E-state index contributed by atoms with van der Waals surface area (Å²) >= 11 is 0. The van der Waals surface area contributed by atoms with Gasteiger partial charge in [-0.2, -0.15) is 0 Å². The lowest BCUT2D eigenvalue weighted by molar-refractivity contribution is 0.317. The first-order chi connectivity index (χ1) is 10.1. The minimum Gasteiger partial charge on any atom is -0.494 e. The molecule has 0 saturated carbocycles. The Morgan fingerprint density at radius 3 is 2.48 bits per heavy atom. The summed E-state index contributed by atoms with van der Waals surface area (Å²) in [6, 6.07) is 9.67. The van der Waals surface area contributed by atoms with Crippen molar-refractivity contribution in [3.63, 3.8) is 0 Å². The number of hydrogen-bond donors (Lipinski definition) is 2. The van der Waals surface area contributed by atoms with E-state index >= 15 is 0 Å². The standard InChI is InChI=1S/C16H22N4O/c1-4-9-21-13-7-5-12(6-8-13)16-18-14(11(2)3)10-15(19-16)20-17/h5-8,10-11H,4,9,17H2,1-3H3,(H,18,19,20). The molecule has 0 saturated heterocycles. The number of hydrogen-bond acceptors (Lipinski definition) is 5. The van der Waals surface area contributed by atoms with Crippen molar-refractivity contribution in [1.29, 1.82) is 0 Å². The van der Waals surface area contributed by atoms with Crippen molar-refractivity contribution in [2.75, 3.05) is 12.0 Å². The molecule has 21 heavy (non-hydrogen) atoms.